The first-order chi connectivity index (χ1) is 9.72. The molecule has 0 aliphatic heterocycles. The Balaban J connectivity index is 1.87. The molecule has 0 radical (unpaired) electrons. The minimum Gasteiger partial charge on any atom is -0.453 e. The van der Waals surface area contributed by atoms with Crippen LogP contribution in [0.15, 0.2) is 46.9 Å². The van der Waals surface area contributed by atoms with E-state index in [0.717, 1.165) is 28.5 Å². The number of Topliss-reactive ketones (excluding diaryl/α,β-unsaturated/α-hetero) is 1. The summed E-state index contributed by atoms with van der Waals surface area (Å²) in [5.41, 5.74) is 3.01. The zero-order valence-corrected chi connectivity index (χ0v) is 10.7. The Bertz CT molecular complexity index is 845. The van der Waals surface area contributed by atoms with Gasteiger partial charge in [0.25, 0.3) is 0 Å². The van der Waals surface area contributed by atoms with Crippen molar-refractivity contribution in [3.8, 4) is 11.3 Å². The lowest BCUT2D eigenvalue weighted by atomic mass is 10.0. The van der Waals surface area contributed by atoms with Gasteiger partial charge in [-0.2, -0.15) is 0 Å². The molecule has 0 atom stereocenters. The van der Waals surface area contributed by atoms with Crippen LogP contribution in [0.5, 0.6) is 0 Å². The summed E-state index contributed by atoms with van der Waals surface area (Å²) < 4.78 is 19.3. The number of fused-ring (bicyclic) bond motifs is 2. The second kappa shape index (κ2) is 4.04. The highest BCUT2D eigenvalue weighted by molar-refractivity contribution is 6.01. The first kappa shape index (κ1) is 11.4. The fraction of sp³-hybridized carbons (Fsp3) is 0.118. The molecule has 1 aliphatic carbocycles. The molecule has 98 valence electrons. The Morgan fingerprint density at radius 1 is 1.05 bits per heavy atom. The van der Waals surface area contributed by atoms with Crippen LogP contribution in [-0.4, -0.2) is 5.78 Å². The molecule has 2 nitrogen and oxygen atoms in total. The number of carbonyl (C=O) groups excluding carboxylic acids is 1. The molecular formula is C17H11FO2. The van der Waals surface area contributed by atoms with Gasteiger partial charge in [0.2, 0.25) is 0 Å². The molecule has 0 saturated carbocycles. The van der Waals surface area contributed by atoms with Gasteiger partial charge in [0.15, 0.2) is 17.2 Å². The third kappa shape index (κ3) is 1.59. The van der Waals surface area contributed by atoms with Crippen LogP contribution in [0.4, 0.5) is 4.39 Å². The summed E-state index contributed by atoms with van der Waals surface area (Å²) in [6, 6.07) is 12.4. The second-order valence-electron chi connectivity index (χ2n) is 5.06. The average molecular weight is 266 g/mol. The quantitative estimate of drug-likeness (QED) is 0.654. The summed E-state index contributed by atoms with van der Waals surface area (Å²) in [5, 5.41) is 0.747. The van der Waals surface area contributed by atoms with Crippen molar-refractivity contribution in [3.05, 3.63) is 59.4 Å². The lowest BCUT2D eigenvalue weighted by molar-refractivity contribution is 0.0994. The largest absolute Gasteiger partial charge is 0.453 e. The van der Waals surface area contributed by atoms with Crippen LogP contribution in [0.3, 0.4) is 0 Å². The van der Waals surface area contributed by atoms with Crippen LogP contribution in [0, 0.1) is 5.82 Å². The fourth-order valence-corrected chi connectivity index (χ4v) is 2.78. The van der Waals surface area contributed by atoms with E-state index in [2.05, 4.69) is 0 Å². The van der Waals surface area contributed by atoms with E-state index in [0.29, 0.717) is 12.2 Å². The minimum atomic E-state index is -0.356. The van der Waals surface area contributed by atoms with Crippen molar-refractivity contribution in [2.45, 2.75) is 12.8 Å². The SMILES string of the molecule is O=C1CCc2cc(-c3cc4cccc(F)c4o3)ccc21. The molecule has 3 aromatic rings. The topological polar surface area (TPSA) is 30.2 Å². The number of carbonyl (C=O) groups is 1. The summed E-state index contributed by atoms with van der Waals surface area (Å²) >= 11 is 0. The molecule has 3 heteroatoms. The number of rotatable bonds is 1. The lowest BCUT2D eigenvalue weighted by Crippen LogP contribution is -1.90. The van der Waals surface area contributed by atoms with Crippen LogP contribution in [0.2, 0.25) is 0 Å². The molecule has 2 aromatic carbocycles. The lowest BCUT2D eigenvalue weighted by Gasteiger charge is -2.01. The van der Waals surface area contributed by atoms with E-state index in [1.165, 1.54) is 6.07 Å². The van der Waals surface area contributed by atoms with Gasteiger partial charge in [-0.15, -0.1) is 0 Å². The number of hydrogen-bond donors (Lipinski definition) is 0. The smallest absolute Gasteiger partial charge is 0.170 e. The highest BCUT2D eigenvalue weighted by Gasteiger charge is 2.20. The number of halogens is 1. The van der Waals surface area contributed by atoms with Crippen LogP contribution in [0.1, 0.15) is 22.3 Å². The summed E-state index contributed by atoms with van der Waals surface area (Å²) in [6.07, 6.45) is 1.35. The molecule has 1 heterocycles. The van der Waals surface area contributed by atoms with Crippen molar-refractivity contribution < 1.29 is 13.6 Å². The summed E-state index contributed by atoms with van der Waals surface area (Å²) in [4.78, 5) is 11.6. The number of benzene rings is 2. The summed E-state index contributed by atoms with van der Waals surface area (Å²) in [6.45, 7) is 0. The number of aryl methyl sites for hydroxylation is 1. The third-order valence-electron chi connectivity index (χ3n) is 3.81. The standard InChI is InChI=1S/C17H11FO2/c18-14-3-1-2-12-9-16(20-17(12)14)11-4-6-13-10(8-11)5-7-15(13)19/h1-4,6,8-9H,5,7H2. The van der Waals surface area contributed by atoms with Crippen molar-refractivity contribution in [2.24, 2.45) is 0 Å². The average Bonchev–Trinajstić information content (AvgIpc) is 3.04. The van der Waals surface area contributed by atoms with Crippen molar-refractivity contribution in [1.82, 2.24) is 0 Å². The van der Waals surface area contributed by atoms with Gasteiger partial charge >= 0.3 is 0 Å². The van der Waals surface area contributed by atoms with E-state index in [-0.39, 0.29) is 17.2 Å². The molecule has 1 aromatic heterocycles. The Hall–Kier alpha value is -2.42. The number of furan rings is 1. The third-order valence-corrected chi connectivity index (χ3v) is 3.81. The van der Waals surface area contributed by atoms with E-state index in [1.807, 2.05) is 30.3 Å². The first-order valence-corrected chi connectivity index (χ1v) is 6.57. The maximum absolute atomic E-state index is 13.6. The normalized spacial score (nSPS) is 13.9. The maximum Gasteiger partial charge on any atom is 0.170 e. The highest BCUT2D eigenvalue weighted by Crippen LogP contribution is 2.32. The van der Waals surface area contributed by atoms with Crippen LogP contribution in [0.25, 0.3) is 22.3 Å². The van der Waals surface area contributed by atoms with Gasteiger partial charge in [0.1, 0.15) is 5.76 Å². The van der Waals surface area contributed by atoms with Crippen molar-refractivity contribution in [3.63, 3.8) is 0 Å². The molecule has 0 amide bonds. The van der Waals surface area contributed by atoms with E-state index < -0.39 is 0 Å². The molecule has 0 unspecified atom stereocenters. The fourth-order valence-electron chi connectivity index (χ4n) is 2.78. The van der Waals surface area contributed by atoms with E-state index in [1.54, 1.807) is 6.07 Å². The Labute approximate surface area is 114 Å². The van der Waals surface area contributed by atoms with Crippen molar-refractivity contribution in [1.29, 1.82) is 0 Å². The van der Waals surface area contributed by atoms with Gasteiger partial charge in [0.05, 0.1) is 0 Å². The molecule has 0 saturated heterocycles. The van der Waals surface area contributed by atoms with Gasteiger partial charge in [0, 0.05) is 22.9 Å². The molecule has 1 aliphatic rings. The Morgan fingerprint density at radius 2 is 1.95 bits per heavy atom. The number of ketones is 1. The Morgan fingerprint density at radius 3 is 2.80 bits per heavy atom. The van der Waals surface area contributed by atoms with Gasteiger partial charge in [-0.3, -0.25) is 4.79 Å². The number of hydrogen-bond acceptors (Lipinski definition) is 2. The van der Waals surface area contributed by atoms with Gasteiger partial charge in [-0.1, -0.05) is 24.3 Å². The highest BCUT2D eigenvalue weighted by atomic mass is 19.1. The first-order valence-electron chi connectivity index (χ1n) is 6.57. The monoisotopic (exact) mass is 266 g/mol. The maximum atomic E-state index is 13.6. The number of para-hydroxylation sites is 1. The van der Waals surface area contributed by atoms with E-state index in [4.69, 9.17) is 4.42 Å². The van der Waals surface area contributed by atoms with Crippen LogP contribution in [-0.2, 0) is 6.42 Å². The molecule has 0 N–H and O–H groups in total. The predicted octanol–water partition coefficient (Wildman–Crippen LogP) is 4.37. The molecule has 0 spiro atoms. The molecule has 20 heavy (non-hydrogen) atoms. The predicted molar refractivity (Wildman–Crippen MR) is 74.3 cm³/mol. The van der Waals surface area contributed by atoms with Gasteiger partial charge < -0.3 is 4.42 Å². The molecular weight excluding hydrogens is 255 g/mol. The van der Waals surface area contributed by atoms with Crippen molar-refractivity contribution in [2.75, 3.05) is 0 Å². The van der Waals surface area contributed by atoms with Crippen molar-refractivity contribution >= 4 is 16.8 Å². The van der Waals surface area contributed by atoms with E-state index in [9.17, 15) is 9.18 Å². The van der Waals surface area contributed by atoms with Gasteiger partial charge in [-0.25, -0.2) is 4.39 Å². The van der Waals surface area contributed by atoms with Crippen LogP contribution >= 0.6 is 0 Å². The van der Waals surface area contributed by atoms with E-state index >= 15 is 0 Å². The van der Waals surface area contributed by atoms with Gasteiger partial charge in [-0.05, 0) is 30.2 Å². The summed E-state index contributed by atoms with van der Waals surface area (Å²) in [5.74, 6) is 0.472. The minimum absolute atomic E-state index is 0.196. The molecule has 0 bridgehead atoms. The Kier molecular flexibility index (Phi) is 2.30. The summed E-state index contributed by atoms with van der Waals surface area (Å²) in [7, 11) is 0. The second-order valence-corrected chi connectivity index (χ2v) is 5.06. The molecule has 0 fully saturated rings. The van der Waals surface area contributed by atoms with Crippen LogP contribution < -0.4 is 0 Å². The zero-order chi connectivity index (χ0) is 13.7. The zero-order valence-electron chi connectivity index (χ0n) is 10.7. The molecule has 4 rings (SSSR count).